The van der Waals surface area contributed by atoms with Gasteiger partial charge in [-0.25, -0.2) is 0 Å². The first kappa shape index (κ1) is 19.4. The lowest BCUT2D eigenvalue weighted by molar-refractivity contribution is -0.384. The number of ether oxygens (including phenoxy) is 2. The zero-order chi connectivity index (χ0) is 19.1. The van der Waals surface area contributed by atoms with Crippen LogP contribution in [0, 0.1) is 10.1 Å². The smallest absolute Gasteiger partial charge is 0.271 e. The summed E-state index contributed by atoms with van der Waals surface area (Å²) >= 11 is 6.11. The molecule has 3 rings (SSSR count). The predicted octanol–water partition coefficient (Wildman–Crippen LogP) is 3.57. The molecule has 0 saturated carbocycles. The zero-order valence-corrected chi connectivity index (χ0v) is 15.7. The summed E-state index contributed by atoms with van der Waals surface area (Å²) in [6, 6.07) is 12.2. The van der Waals surface area contributed by atoms with Crippen molar-refractivity contribution in [2.24, 2.45) is 0 Å². The highest BCUT2D eigenvalue weighted by atomic mass is 35.5. The number of nitrogens with one attached hydrogen (secondary N) is 1. The molecular formula is C19H22ClN3O4. The van der Waals surface area contributed by atoms with Crippen LogP contribution < -0.4 is 10.1 Å². The van der Waals surface area contributed by atoms with Crippen molar-refractivity contribution in [3.05, 3.63) is 63.2 Å². The lowest BCUT2D eigenvalue weighted by atomic mass is 10.2. The summed E-state index contributed by atoms with van der Waals surface area (Å²) in [7, 11) is 0. The van der Waals surface area contributed by atoms with Gasteiger partial charge in [0.1, 0.15) is 12.4 Å². The van der Waals surface area contributed by atoms with E-state index in [4.69, 9.17) is 21.1 Å². The molecule has 1 heterocycles. The van der Waals surface area contributed by atoms with Crippen molar-refractivity contribution in [2.45, 2.75) is 6.54 Å². The number of morpholine rings is 1. The van der Waals surface area contributed by atoms with Crippen LogP contribution in [0.2, 0.25) is 5.02 Å². The van der Waals surface area contributed by atoms with E-state index in [1.54, 1.807) is 6.07 Å². The molecule has 144 valence electrons. The lowest BCUT2D eigenvalue weighted by Crippen LogP contribution is -2.38. The van der Waals surface area contributed by atoms with Crippen molar-refractivity contribution < 1.29 is 14.4 Å². The summed E-state index contributed by atoms with van der Waals surface area (Å²) in [5, 5.41) is 14.3. The summed E-state index contributed by atoms with van der Waals surface area (Å²) in [4.78, 5) is 12.6. The Morgan fingerprint density at radius 1 is 1.22 bits per heavy atom. The molecule has 0 aromatic heterocycles. The number of nitro benzene ring substituents is 1. The molecule has 1 N–H and O–H groups in total. The molecule has 27 heavy (non-hydrogen) atoms. The molecule has 0 atom stereocenters. The van der Waals surface area contributed by atoms with Crippen LogP contribution in [0.15, 0.2) is 42.5 Å². The fourth-order valence-corrected chi connectivity index (χ4v) is 3.06. The Morgan fingerprint density at radius 2 is 2.04 bits per heavy atom. The van der Waals surface area contributed by atoms with E-state index in [0.29, 0.717) is 23.9 Å². The van der Waals surface area contributed by atoms with E-state index < -0.39 is 4.92 Å². The second-order valence-corrected chi connectivity index (χ2v) is 6.63. The van der Waals surface area contributed by atoms with Crippen LogP contribution in [-0.4, -0.2) is 49.3 Å². The molecule has 0 radical (unpaired) electrons. The van der Waals surface area contributed by atoms with Crippen LogP contribution in [0.4, 0.5) is 11.4 Å². The number of benzene rings is 2. The summed E-state index contributed by atoms with van der Waals surface area (Å²) < 4.78 is 11.2. The maximum atomic E-state index is 10.8. The van der Waals surface area contributed by atoms with Crippen LogP contribution >= 0.6 is 11.6 Å². The Labute approximate surface area is 163 Å². The fourth-order valence-electron chi connectivity index (χ4n) is 2.82. The van der Waals surface area contributed by atoms with Gasteiger partial charge in [0.05, 0.1) is 28.8 Å². The van der Waals surface area contributed by atoms with Crippen LogP contribution in [0.3, 0.4) is 0 Å². The molecule has 1 fully saturated rings. The van der Waals surface area contributed by atoms with Crippen LogP contribution in [0.1, 0.15) is 5.56 Å². The first-order chi connectivity index (χ1) is 13.1. The minimum Gasteiger partial charge on any atom is -0.492 e. The van der Waals surface area contributed by atoms with Crippen molar-refractivity contribution in [1.82, 2.24) is 4.90 Å². The average molecular weight is 392 g/mol. The summed E-state index contributed by atoms with van der Waals surface area (Å²) in [5.74, 6) is 0.817. The minimum absolute atomic E-state index is 0.0267. The molecule has 0 aliphatic carbocycles. The monoisotopic (exact) mass is 391 g/mol. The van der Waals surface area contributed by atoms with Gasteiger partial charge >= 0.3 is 0 Å². The molecule has 2 aromatic rings. The number of non-ortho nitro benzene ring substituents is 1. The fraction of sp³-hybridized carbons (Fsp3) is 0.368. The Morgan fingerprint density at radius 3 is 2.78 bits per heavy atom. The Kier molecular flexibility index (Phi) is 6.86. The molecule has 8 heteroatoms. The topological polar surface area (TPSA) is 76.9 Å². The Balaban J connectivity index is 1.50. The molecule has 0 unspecified atom stereocenters. The maximum Gasteiger partial charge on any atom is 0.271 e. The van der Waals surface area contributed by atoms with Crippen LogP contribution in [0.25, 0.3) is 0 Å². The van der Waals surface area contributed by atoms with E-state index >= 15 is 0 Å². The van der Waals surface area contributed by atoms with Gasteiger partial charge in [-0.1, -0.05) is 23.7 Å². The SMILES string of the molecule is O=[N+]([O-])c1ccc(NCc2cccc(OCCN3CCOCC3)c2)c(Cl)c1. The van der Waals surface area contributed by atoms with E-state index in [0.717, 1.165) is 44.2 Å². The largest absolute Gasteiger partial charge is 0.492 e. The van der Waals surface area contributed by atoms with Crippen molar-refractivity contribution in [1.29, 1.82) is 0 Å². The van der Waals surface area contributed by atoms with E-state index in [1.165, 1.54) is 12.1 Å². The van der Waals surface area contributed by atoms with Gasteiger partial charge in [-0.3, -0.25) is 15.0 Å². The number of nitrogens with zero attached hydrogens (tertiary/aromatic N) is 2. The third kappa shape index (κ3) is 5.82. The van der Waals surface area contributed by atoms with Crippen LogP contribution in [-0.2, 0) is 11.3 Å². The van der Waals surface area contributed by atoms with Gasteiger partial charge < -0.3 is 14.8 Å². The highest BCUT2D eigenvalue weighted by Crippen LogP contribution is 2.27. The van der Waals surface area contributed by atoms with E-state index in [-0.39, 0.29) is 5.69 Å². The maximum absolute atomic E-state index is 10.8. The third-order valence-corrected chi connectivity index (χ3v) is 4.64. The molecule has 1 saturated heterocycles. The van der Waals surface area contributed by atoms with Crippen LogP contribution in [0.5, 0.6) is 5.75 Å². The van der Waals surface area contributed by atoms with Gasteiger partial charge in [0.2, 0.25) is 0 Å². The van der Waals surface area contributed by atoms with Gasteiger partial charge in [-0.05, 0) is 23.8 Å². The number of anilines is 1. The minimum atomic E-state index is -0.465. The third-order valence-electron chi connectivity index (χ3n) is 4.32. The second kappa shape index (κ2) is 9.55. The quantitative estimate of drug-likeness (QED) is 0.547. The molecule has 2 aromatic carbocycles. The summed E-state index contributed by atoms with van der Waals surface area (Å²) in [5.41, 5.74) is 1.66. The van der Waals surface area contributed by atoms with Gasteiger partial charge in [-0.15, -0.1) is 0 Å². The number of hydrogen-bond acceptors (Lipinski definition) is 6. The zero-order valence-electron chi connectivity index (χ0n) is 14.9. The molecular weight excluding hydrogens is 370 g/mol. The predicted molar refractivity (Wildman–Crippen MR) is 105 cm³/mol. The van der Waals surface area contributed by atoms with Gasteiger partial charge in [0.25, 0.3) is 5.69 Å². The lowest BCUT2D eigenvalue weighted by Gasteiger charge is -2.26. The molecule has 0 spiro atoms. The number of nitro groups is 1. The number of halogens is 1. The Bertz CT molecular complexity index is 781. The molecule has 1 aliphatic rings. The standard InChI is InChI=1S/C19H22ClN3O4/c20-18-13-16(23(24)25)4-5-19(18)21-14-15-2-1-3-17(12-15)27-11-8-22-6-9-26-10-7-22/h1-5,12-13,21H,6-11,14H2. The molecule has 0 bridgehead atoms. The first-order valence-corrected chi connectivity index (χ1v) is 9.19. The van der Waals surface area contributed by atoms with Gasteiger partial charge in [0, 0.05) is 38.3 Å². The highest BCUT2D eigenvalue weighted by Gasteiger charge is 2.11. The van der Waals surface area contributed by atoms with E-state index in [9.17, 15) is 10.1 Å². The second-order valence-electron chi connectivity index (χ2n) is 6.22. The Hall–Kier alpha value is -2.35. The first-order valence-electron chi connectivity index (χ1n) is 8.81. The van der Waals surface area contributed by atoms with Crippen molar-refractivity contribution in [3.8, 4) is 5.75 Å². The molecule has 1 aliphatic heterocycles. The summed E-state index contributed by atoms with van der Waals surface area (Å²) in [6.07, 6.45) is 0. The van der Waals surface area contributed by atoms with Gasteiger partial charge in [-0.2, -0.15) is 0 Å². The average Bonchev–Trinajstić information content (AvgIpc) is 2.68. The van der Waals surface area contributed by atoms with Crippen molar-refractivity contribution in [2.75, 3.05) is 44.8 Å². The molecule has 0 amide bonds. The number of hydrogen-bond donors (Lipinski definition) is 1. The van der Waals surface area contributed by atoms with Gasteiger partial charge in [0.15, 0.2) is 0 Å². The molecule has 7 nitrogen and oxygen atoms in total. The normalized spacial score (nSPS) is 14.7. The highest BCUT2D eigenvalue weighted by molar-refractivity contribution is 6.33. The van der Waals surface area contributed by atoms with E-state index in [1.807, 2.05) is 24.3 Å². The van der Waals surface area contributed by atoms with Crippen molar-refractivity contribution >= 4 is 23.0 Å². The van der Waals surface area contributed by atoms with Crippen molar-refractivity contribution in [3.63, 3.8) is 0 Å². The number of rotatable bonds is 8. The van der Waals surface area contributed by atoms with E-state index in [2.05, 4.69) is 10.2 Å². The summed E-state index contributed by atoms with van der Waals surface area (Å²) in [6.45, 7) is 5.51.